The molecule has 0 saturated heterocycles. The van der Waals surface area contributed by atoms with Crippen LogP contribution in [-0.2, 0) is 0 Å². The first-order chi connectivity index (χ1) is 16.5. The Kier molecular flexibility index (Phi) is 6.31. The average molecular weight is 455 g/mol. The summed E-state index contributed by atoms with van der Waals surface area (Å²) in [6, 6.07) is 21.1. The summed E-state index contributed by atoms with van der Waals surface area (Å²) in [6.07, 6.45) is 0. The highest BCUT2D eigenvalue weighted by molar-refractivity contribution is 5.99. The zero-order chi connectivity index (χ0) is 24.1. The smallest absolute Gasteiger partial charge is 0.335 e. The molecule has 0 spiro atoms. The van der Waals surface area contributed by atoms with E-state index in [0.29, 0.717) is 22.7 Å². The van der Waals surface area contributed by atoms with Gasteiger partial charge in [-0.3, -0.25) is 10.1 Å². The fraction of sp³-hybridized carbons (Fsp3) is 0.0417. The van der Waals surface area contributed by atoms with Gasteiger partial charge >= 0.3 is 5.97 Å². The highest BCUT2D eigenvalue weighted by Gasteiger charge is 2.12. The van der Waals surface area contributed by atoms with Gasteiger partial charge in [-0.25, -0.2) is 4.79 Å². The van der Waals surface area contributed by atoms with E-state index in [-0.39, 0.29) is 17.0 Å². The summed E-state index contributed by atoms with van der Waals surface area (Å²) >= 11 is 0. The maximum atomic E-state index is 11.0. The van der Waals surface area contributed by atoms with Gasteiger partial charge in [0.15, 0.2) is 5.75 Å². The van der Waals surface area contributed by atoms with Crippen molar-refractivity contribution in [2.45, 2.75) is 0 Å². The zero-order valence-electron chi connectivity index (χ0n) is 17.8. The number of hydrogen-bond donors (Lipinski definition) is 1. The quantitative estimate of drug-likeness (QED) is 0.177. The third-order valence-electron chi connectivity index (χ3n) is 4.91. The first-order valence-electron chi connectivity index (χ1n) is 9.97. The molecule has 0 fully saturated rings. The molecule has 0 unspecified atom stereocenters. The van der Waals surface area contributed by atoms with E-state index in [1.165, 1.54) is 37.4 Å². The molecule has 0 radical (unpaired) electrons. The van der Waals surface area contributed by atoms with E-state index >= 15 is 0 Å². The molecule has 0 aliphatic heterocycles. The molecule has 1 N–H and O–H groups in total. The third kappa shape index (κ3) is 4.75. The summed E-state index contributed by atoms with van der Waals surface area (Å²) in [4.78, 5) is 21.5. The maximum Gasteiger partial charge on any atom is 0.335 e. The molecule has 0 aliphatic rings. The topological polar surface area (TPSA) is 139 Å². The lowest BCUT2D eigenvalue weighted by molar-refractivity contribution is -0.384. The Bertz CT molecular complexity index is 1450. The van der Waals surface area contributed by atoms with Crippen molar-refractivity contribution in [2.24, 2.45) is 20.5 Å². The number of azo groups is 2. The van der Waals surface area contributed by atoms with Crippen LogP contribution < -0.4 is 4.74 Å². The van der Waals surface area contributed by atoms with Crippen molar-refractivity contribution >= 4 is 45.2 Å². The third-order valence-corrected chi connectivity index (χ3v) is 4.91. The van der Waals surface area contributed by atoms with E-state index in [9.17, 15) is 14.9 Å². The normalized spacial score (nSPS) is 11.3. The lowest BCUT2D eigenvalue weighted by Crippen LogP contribution is -1.93. The highest BCUT2D eigenvalue weighted by Crippen LogP contribution is 2.37. The van der Waals surface area contributed by atoms with Crippen LogP contribution >= 0.6 is 0 Å². The van der Waals surface area contributed by atoms with Gasteiger partial charge in [0.25, 0.3) is 5.69 Å². The largest absolute Gasteiger partial charge is 0.494 e. The summed E-state index contributed by atoms with van der Waals surface area (Å²) in [7, 11) is 1.41. The number of nitro benzene ring substituents is 1. The molecule has 0 amide bonds. The van der Waals surface area contributed by atoms with Gasteiger partial charge in [-0.15, -0.1) is 15.3 Å². The Morgan fingerprint density at radius 2 is 1.38 bits per heavy atom. The number of benzene rings is 4. The van der Waals surface area contributed by atoms with E-state index in [1.807, 2.05) is 24.3 Å². The Morgan fingerprint density at radius 3 is 1.94 bits per heavy atom. The summed E-state index contributed by atoms with van der Waals surface area (Å²) in [5.74, 6) is -0.771. The lowest BCUT2D eigenvalue weighted by atomic mass is 10.1. The van der Waals surface area contributed by atoms with Gasteiger partial charge in [-0.05, 0) is 42.5 Å². The first kappa shape index (κ1) is 22.2. The van der Waals surface area contributed by atoms with E-state index in [1.54, 1.807) is 24.3 Å². The van der Waals surface area contributed by atoms with Crippen LogP contribution in [-0.4, -0.2) is 23.1 Å². The van der Waals surface area contributed by atoms with Gasteiger partial charge in [0, 0.05) is 16.8 Å². The van der Waals surface area contributed by atoms with Gasteiger partial charge in [-0.2, -0.15) is 5.11 Å². The Morgan fingerprint density at radius 1 is 0.824 bits per heavy atom. The number of carbonyl (C=O) groups is 1. The average Bonchev–Trinajstić information content (AvgIpc) is 2.86. The minimum atomic E-state index is -1.01. The molecule has 0 bridgehead atoms. The molecule has 4 rings (SSSR count). The van der Waals surface area contributed by atoms with Gasteiger partial charge in [0.2, 0.25) is 0 Å². The molecular formula is C24H17N5O5. The fourth-order valence-electron chi connectivity index (χ4n) is 3.19. The molecule has 10 nitrogen and oxygen atoms in total. The van der Waals surface area contributed by atoms with Crippen LogP contribution in [0, 0.1) is 10.1 Å². The summed E-state index contributed by atoms with van der Waals surface area (Å²) < 4.78 is 5.21. The molecule has 34 heavy (non-hydrogen) atoms. The van der Waals surface area contributed by atoms with Gasteiger partial charge < -0.3 is 9.84 Å². The van der Waals surface area contributed by atoms with Crippen molar-refractivity contribution in [3.63, 3.8) is 0 Å². The molecule has 0 heterocycles. The van der Waals surface area contributed by atoms with Crippen molar-refractivity contribution in [3.8, 4) is 5.75 Å². The predicted octanol–water partition coefficient (Wildman–Crippen LogP) is 7.29. The van der Waals surface area contributed by atoms with E-state index in [0.717, 1.165) is 10.8 Å². The van der Waals surface area contributed by atoms with Gasteiger partial charge in [0.1, 0.15) is 5.69 Å². The van der Waals surface area contributed by atoms with Gasteiger partial charge in [-0.1, -0.05) is 24.3 Å². The number of hydrogen-bond acceptors (Lipinski definition) is 8. The number of nitro groups is 1. The SMILES string of the molecule is COc1cc([N+](=O)[O-])ccc1N=Nc1ccc(N=Nc2ccc(C(=O)O)cc2)c2ccccc12. The van der Waals surface area contributed by atoms with Crippen LogP contribution in [0.25, 0.3) is 10.8 Å². The van der Waals surface area contributed by atoms with Crippen molar-refractivity contribution in [3.05, 3.63) is 94.5 Å². The number of nitrogens with zero attached hydrogens (tertiary/aromatic N) is 5. The standard InChI is InChI=1S/C24H17N5O5/c1-34-23-14-17(29(32)33)10-11-22(23)28-27-21-13-12-20(18-4-2-3-5-19(18)21)26-25-16-8-6-15(7-9-16)24(30)31/h2-14H,1H3,(H,30,31). The number of carboxylic acid groups (broad SMARTS) is 1. The van der Waals surface area contributed by atoms with Crippen LogP contribution in [0.15, 0.2) is 99.3 Å². The molecule has 4 aromatic rings. The number of ether oxygens (including phenoxy) is 1. The zero-order valence-corrected chi connectivity index (χ0v) is 17.8. The van der Waals surface area contributed by atoms with Crippen molar-refractivity contribution in [2.75, 3.05) is 7.11 Å². The number of non-ortho nitro benzene ring substituents is 1. The van der Waals surface area contributed by atoms with Crippen molar-refractivity contribution in [1.29, 1.82) is 0 Å². The Labute approximate surface area is 193 Å². The predicted molar refractivity (Wildman–Crippen MR) is 125 cm³/mol. The second-order valence-electron chi connectivity index (χ2n) is 7.01. The molecule has 168 valence electrons. The fourth-order valence-corrected chi connectivity index (χ4v) is 3.19. The van der Waals surface area contributed by atoms with E-state index < -0.39 is 10.9 Å². The number of methoxy groups -OCH3 is 1. The van der Waals surface area contributed by atoms with Crippen LogP contribution in [0.3, 0.4) is 0 Å². The molecule has 0 saturated carbocycles. The lowest BCUT2D eigenvalue weighted by Gasteiger charge is -2.05. The summed E-state index contributed by atoms with van der Waals surface area (Å²) in [6.45, 7) is 0. The monoisotopic (exact) mass is 455 g/mol. The van der Waals surface area contributed by atoms with Crippen LogP contribution in [0.1, 0.15) is 10.4 Å². The minimum absolute atomic E-state index is 0.103. The maximum absolute atomic E-state index is 11.0. The first-order valence-corrected chi connectivity index (χ1v) is 9.97. The minimum Gasteiger partial charge on any atom is -0.494 e. The Balaban J connectivity index is 1.66. The number of fused-ring (bicyclic) bond motifs is 1. The van der Waals surface area contributed by atoms with E-state index in [4.69, 9.17) is 9.84 Å². The molecule has 0 atom stereocenters. The van der Waals surface area contributed by atoms with E-state index in [2.05, 4.69) is 20.5 Å². The van der Waals surface area contributed by atoms with Crippen LogP contribution in [0.2, 0.25) is 0 Å². The molecule has 4 aromatic carbocycles. The van der Waals surface area contributed by atoms with Crippen molar-refractivity contribution in [1.82, 2.24) is 0 Å². The molecule has 0 aliphatic carbocycles. The van der Waals surface area contributed by atoms with Crippen molar-refractivity contribution < 1.29 is 19.6 Å². The second kappa shape index (κ2) is 9.65. The molecule has 0 aromatic heterocycles. The van der Waals surface area contributed by atoms with Crippen LogP contribution in [0.4, 0.5) is 28.4 Å². The highest BCUT2D eigenvalue weighted by atomic mass is 16.6. The molecular weight excluding hydrogens is 438 g/mol. The van der Waals surface area contributed by atoms with Crippen LogP contribution in [0.5, 0.6) is 5.75 Å². The second-order valence-corrected chi connectivity index (χ2v) is 7.01. The van der Waals surface area contributed by atoms with Gasteiger partial charge in [0.05, 0.1) is 40.7 Å². The summed E-state index contributed by atoms with van der Waals surface area (Å²) in [5, 5.41) is 38.6. The Hall–Kier alpha value is -4.99. The number of rotatable bonds is 7. The summed E-state index contributed by atoms with van der Waals surface area (Å²) in [5.41, 5.74) is 2.11. The number of aromatic carboxylic acids is 1. The molecule has 10 heteroatoms. The number of carboxylic acids is 1.